The summed E-state index contributed by atoms with van der Waals surface area (Å²) >= 11 is 0. The molecule has 71 heavy (non-hydrogen) atoms. The predicted octanol–water partition coefficient (Wildman–Crippen LogP) is 8.79. The van der Waals surface area contributed by atoms with Crippen LogP contribution in [0.15, 0.2) is 73.8 Å². The van der Waals surface area contributed by atoms with Gasteiger partial charge in [0.15, 0.2) is 11.4 Å². The summed E-state index contributed by atoms with van der Waals surface area (Å²) in [6.07, 6.45) is 15.0. The van der Waals surface area contributed by atoms with E-state index < -0.39 is 12.1 Å². The lowest BCUT2D eigenvalue weighted by molar-refractivity contribution is -0.123. The second kappa shape index (κ2) is 24.0. The van der Waals surface area contributed by atoms with Crippen LogP contribution in [0.5, 0.6) is 23.0 Å². The van der Waals surface area contributed by atoms with Crippen LogP contribution in [0, 0.1) is 17.8 Å². The summed E-state index contributed by atoms with van der Waals surface area (Å²) in [5.74, 6) is 3.31. The first-order valence-electron chi connectivity index (χ1n) is 25.4. The summed E-state index contributed by atoms with van der Waals surface area (Å²) in [5, 5.41) is 21.4. The van der Waals surface area contributed by atoms with Gasteiger partial charge in [0.2, 0.25) is 11.8 Å². The average molecular weight is 975 g/mol. The van der Waals surface area contributed by atoms with Gasteiger partial charge in [0, 0.05) is 12.1 Å². The van der Waals surface area contributed by atoms with E-state index in [0.717, 1.165) is 93.1 Å². The highest BCUT2D eigenvalue weighted by molar-refractivity contribution is 5.95. The van der Waals surface area contributed by atoms with E-state index in [1.807, 2.05) is 45.8 Å². The van der Waals surface area contributed by atoms with Crippen LogP contribution in [0.4, 0.5) is 0 Å². The summed E-state index contributed by atoms with van der Waals surface area (Å²) in [4.78, 5) is 51.3. The van der Waals surface area contributed by atoms with Crippen molar-refractivity contribution in [1.29, 1.82) is 0 Å². The SMILES string of the molecule is C=C[C@@H](CC(=O)NC1CCC1)NC(=O)c1cc(-c2c(OC)cccc2OC)n(C2CCC(C)C2)n1.C=C[C@@H](CC(=O)NC1CCC1)NC(=O)c1cc(-c2c(OC)cccc2OC)n(C2CCC(C)C2C)n1. The molecule has 16 heteroatoms. The Morgan fingerprint density at radius 3 is 1.42 bits per heavy atom. The van der Waals surface area contributed by atoms with Crippen molar-refractivity contribution in [2.24, 2.45) is 17.8 Å². The Morgan fingerprint density at radius 1 is 0.634 bits per heavy atom. The van der Waals surface area contributed by atoms with Gasteiger partial charge in [0.1, 0.15) is 23.0 Å². The molecule has 0 bridgehead atoms. The first-order valence-corrected chi connectivity index (χ1v) is 25.4. The standard InChI is InChI=1S/C28H38N4O4.C27H36N4O4/c1-6-19(15-26(33)29-20-9-7-10-20)30-28(34)21-16-23(27-24(35-4)11-8-12-25(27)36-5)32(31-21)22-14-13-17(2)18(22)3;1-5-18(15-25(32)28-19-8-6-9-19)29-27(33)21-16-22(31(30-21)20-13-12-17(2)14-20)26-23(34-3)10-7-11-24(26)35-4/h6,8,11-12,16-20,22H,1,7,9-10,13-15H2,2-5H3,(H,29,33)(H,30,34);5,7,10-11,16-20H,1,6,8-9,12-15H2,2-4H3,(H,28,32)(H,29,33)/t17?,18?,19-,22?;17?,18-,20?/m00/s1. The summed E-state index contributed by atoms with van der Waals surface area (Å²) in [5.41, 5.74) is 3.67. The van der Waals surface area contributed by atoms with Crippen LogP contribution in [0.3, 0.4) is 0 Å². The molecule has 4 fully saturated rings. The van der Waals surface area contributed by atoms with Gasteiger partial charge in [-0.1, -0.05) is 45.1 Å². The zero-order chi connectivity index (χ0) is 50.8. The normalized spacial score (nSPS) is 21.5. The van der Waals surface area contributed by atoms with Crippen molar-refractivity contribution in [3.05, 3.63) is 85.2 Å². The van der Waals surface area contributed by atoms with Crippen molar-refractivity contribution in [3.63, 3.8) is 0 Å². The Balaban J connectivity index is 0.000000209. The van der Waals surface area contributed by atoms with Gasteiger partial charge in [0.05, 0.1) is 88.0 Å². The first-order chi connectivity index (χ1) is 34.3. The number of nitrogens with zero attached hydrogens (tertiary/aromatic N) is 4. The van der Waals surface area contributed by atoms with E-state index in [1.165, 1.54) is 0 Å². The van der Waals surface area contributed by atoms with Gasteiger partial charge in [-0.3, -0.25) is 28.5 Å². The molecule has 4 amide bonds. The third-order valence-electron chi connectivity index (χ3n) is 15.0. The van der Waals surface area contributed by atoms with E-state index in [1.54, 1.807) is 52.7 Å². The lowest BCUT2D eigenvalue weighted by Crippen LogP contribution is -2.43. The lowest BCUT2D eigenvalue weighted by atomic mass is 9.93. The zero-order valence-electron chi connectivity index (χ0n) is 42.6. The molecule has 2 aromatic heterocycles. The molecule has 7 atom stereocenters. The fourth-order valence-corrected chi connectivity index (χ4v) is 10.2. The second-order valence-electron chi connectivity index (χ2n) is 19.8. The second-order valence-corrected chi connectivity index (χ2v) is 19.8. The van der Waals surface area contributed by atoms with Gasteiger partial charge in [-0.05, 0) is 125 Å². The van der Waals surface area contributed by atoms with Crippen LogP contribution >= 0.6 is 0 Å². The molecule has 0 aliphatic heterocycles. The molecule has 0 spiro atoms. The Labute approximate surface area is 418 Å². The third-order valence-corrected chi connectivity index (χ3v) is 15.0. The van der Waals surface area contributed by atoms with Gasteiger partial charge < -0.3 is 40.2 Å². The maximum atomic E-state index is 13.3. The molecule has 4 aliphatic carbocycles. The van der Waals surface area contributed by atoms with E-state index in [9.17, 15) is 19.2 Å². The van der Waals surface area contributed by atoms with Gasteiger partial charge in [-0.25, -0.2) is 0 Å². The number of methoxy groups -OCH3 is 4. The topological polar surface area (TPSA) is 189 Å². The summed E-state index contributed by atoms with van der Waals surface area (Å²) in [6, 6.07) is 14.7. The molecule has 0 radical (unpaired) electrons. The van der Waals surface area contributed by atoms with E-state index in [-0.39, 0.29) is 66.3 Å². The fourth-order valence-electron chi connectivity index (χ4n) is 10.2. The molecule has 4 aromatic rings. The van der Waals surface area contributed by atoms with Crippen molar-refractivity contribution in [2.45, 2.75) is 140 Å². The van der Waals surface area contributed by atoms with Gasteiger partial charge in [-0.2, -0.15) is 10.2 Å². The molecule has 8 rings (SSSR count). The van der Waals surface area contributed by atoms with Crippen molar-refractivity contribution in [1.82, 2.24) is 40.8 Å². The molecule has 4 saturated carbocycles. The molecule has 2 heterocycles. The minimum atomic E-state index is -0.489. The molecular weight excluding hydrogens is 901 g/mol. The van der Waals surface area contributed by atoms with Crippen LogP contribution in [-0.4, -0.2) is 95.8 Å². The molecule has 4 N–H and O–H groups in total. The number of amides is 4. The predicted molar refractivity (Wildman–Crippen MR) is 274 cm³/mol. The average Bonchev–Trinajstić information content (AvgIpc) is 4.17. The molecule has 5 unspecified atom stereocenters. The minimum absolute atomic E-state index is 0.0789. The van der Waals surface area contributed by atoms with Gasteiger partial charge >= 0.3 is 0 Å². The molecular formula is C55H74N8O8. The number of aromatic nitrogens is 4. The van der Waals surface area contributed by atoms with Crippen molar-refractivity contribution >= 4 is 23.6 Å². The summed E-state index contributed by atoms with van der Waals surface area (Å²) in [6.45, 7) is 14.4. The molecule has 4 aliphatic rings. The van der Waals surface area contributed by atoms with Crippen molar-refractivity contribution in [3.8, 4) is 45.5 Å². The Morgan fingerprint density at radius 2 is 1.07 bits per heavy atom. The van der Waals surface area contributed by atoms with Crippen molar-refractivity contribution in [2.75, 3.05) is 28.4 Å². The first kappa shape index (κ1) is 52.2. The van der Waals surface area contributed by atoms with Crippen LogP contribution in [0.25, 0.3) is 22.5 Å². The van der Waals surface area contributed by atoms with Crippen molar-refractivity contribution < 1.29 is 38.1 Å². The highest BCUT2D eigenvalue weighted by Crippen LogP contribution is 2.46. The lowest BCUT2D eigenvalue weighted by Gasteiger charge is -2.27. The maximum absolute atomic E-state index is 13.3. The number of rotatable bonds is 20. The minimum Gasteiger partial charge on any atom is -0.496 e. The fraction of sp³-hybridized carbons (Fsp3) is 0.527. The summed E-state index contributed by atoms with van der Waals surface area (Å²) in [7, 11) is 6.48. The number of nitrogens with one attached hydrogen (secondary N) is 4. The maximum Gasteiger partial charge on any atom is 0.272 e. The summed E-state index contributed by atoms with van der Waals surface area (Å²) < 4.78 is 26.5. The van der Waals surface area contributed by atoms with E-state index in [2.05, 4.69) is 55.2 Å². The molecule has 382 valence electrons. The van der Waals surface area contributed by atoms with Gasteiger partial charge in [-0.15, -0.1) is 13.2 Å². The Bertz CT molecular complexity index is 2480. The Kier molecular flexibility index (Phi) is 17.7. The van der Waals surface area contributed by atoms with E-state index >= 15 is 0 Å². The van der Waals surface area contributed by atoms with E-state index in [0.29, 0.717) is 46.4 Å². The smallest absolute Gasteiger partial charge is 0.272 e. The van der Waals surface area contributed by atoms with Crippen LogP contribution < -0.4 is 40.2 Å². The van der Waals surface area contributed by atoms with E-state index in [4.69, 9.17) is 29.1 Å². The largest absolute Gasteiger partial charge is 0.496 e. The quantitative estimate of drug-likeness (QED) is 0.0624. The number of ether oxygens (including phenoxy) is 4. The molecule has 0 saturated heterocycles. The van der Waals surface area contributed by atoms with Crippen LogP contribution in [-0.2, 0) is 9.59 Å². The molecule has 2 aromatic carbocycles. The van der Waals surface area contributed by atoms with Gasteiger partial charge in [0.25, 0.3) is 11.8 Å². The number of hydrogen-bond acceptors (Lipinski definition) is 10. The number of carbonyl (C=O) groups is 4. The highest BCUT2D eigenvalue weighted by atomic mass is 16.5. The third kappa shape index (κ3) is 12.3. The number of carbonyl (C=O) groups excluding carboxylic acids is 4. The molecule has 16 nitrogen and oxygen atoms in total. The van der Waals surface area contributed by atoms with Crippen LogP contribution in [0.2, 0.25) is 0 Å². The number of hydrogen-bond donors (Lipinski definition) is 4. The Hall–Kier alpha value is -6.58. The zero-order valence-corrected chi connectivity index (χ0v) is 42.6. The monoisotopic (exact) mass is 975 g/mol. The van der Waals surface area contributed by atoms with Crippen LogP contribution in [0.1, 0.15) is 137 Å². The highest BCUT2D eigenvalue weighted by Gasteiger charge is 2.36. The number of benzene rings is 2.